The van der Waals surface area contributed by atoms with Crippen molar-refractivity contribution < 1.29 is 23.9 Å². The zero-order valence-corrected chi connectivity index (χ0v) is 19.6. The number of fused-ring (bicyclic) bond motifs is 3. The molecule has 2 saturated heterocycles. The predicted molar refractivity (Wildman–Crippen MR) is 128 cm³/mol. The van der Waals surface area contributed by atoms with E-state index in [1.807, 2.05) is 51.1 Å². The van der Waals surface area contributed by atoms with Gasteiger partial charge in [0.25, 0.3) is 0 Å². The Hall–Kier alpha value is -3.90. The normalized spacial score (nSPS) is 24.4. The van der Waals surface area contributed by atoms with Gasteiger partial charge in [0.2, 0.25) is 29.0 Å². The van der Waals surface area contributed by atoms with E-state index in [1.165, 1.54) is 0 Å². The van der Waals surface area contributed by atoms with Crippen molar-refractivity contribution in [1.29, 1.82) is 0 Å². The molecule has 0 bridgehead atoms. The minimum Gasteiger partial charge on any atom is -0.349 e. The van der Waals surface area contributed by atoms with Gasteiger partial charge in [-0.3, -0.25) is 19.2 Å². The number of imide groups is 1. The lowest BCUT2D eigenvalue weighted by atomic mass is 9.77. The van der Waals surface area contributed by atoms with E-state index in [9.17, 15) is 19.2 Å². The molecule has 0 N–H and O–H groups in total. The number of Topliss-reactive ketones (excluding diaryl/α,β-unsaturated/α-hetero) is 2. The highest BCUT2D eigenvalue weighted by atomic mass is 16.5. The average molecular weight is 466 g/mol. The molecule has 0 unspecified atom stereocenters. The Balaban J connectivity index is 1.54. The van der Waals surface area contributed by atoms with Crippen molar-refractivity contribution in [3.63, 3.8) is 0 Å². The quantitative estimate of drug-likeness (QED) is 0.416. The topological polar surface area (TPSA) is 80.8 Å². The maximum atomic E-state index is 13.9. The third kappa shape index (κ3) is 2.74. The van der Waals surface area contributed by atoms with Crippen LogP contribution in [0, 0.1) is 32.6 Å². The molecule has 3 atom stereocenters. The van der Waals surface area contributed by atoms with Crippen LogP contribution >= 0.6 is 0 Å². The number of ether oxygens (including phenoxy) is 1. The summed E-state index contributed by atoms with van der Waals surface area (Å²) >= 11 is 0. The van der Waals surface area contributed by atoms with Gasteiger partial charge < -0.3 is 4.74 Å². The number of anilines is 1. The molecule has 1 aliphatic carbocycles. The van der Waals surface area contributed by atoms with E-state index < -0.39 is 46.9 Å². The van der Waals surface area contributed by atoms with Gasteiger partial charge in [-0.05, 0) is 49.6 Å². The maximum Gasteiger partial charge on any atom is 0.241 e. The van der Waals surface area contributed by atoms with E-state index in [2.05, 4.69) is 0 Å². The summed E-state index contributed by atoms with van der Waals surface area (Å²) in [7, 11) is 0. The van der Waals surface area contributed by atoms with Gasteiger partial charge in [0.15, 0.2) is 0 Å². The largest absolute Gasteiger partial charge is 0.349 e. The van der Waals surface area contributed by atoms with Crippen LogP contribution in [0.3, 0.4) is 0 Å². The fourth-order valence-corrected chi connectivity index (χ4v) is 5.69. The van der Waals surface area contributed by atoms with Crippen LogP contribution in [0.15, 0.2) is 66.7 Å². The van der Waals surface area contributed by atoms with Crippen LogP contribution in [0.1, 0.15) is 49.1 Å². The Morgan fingerprint density at radius 2 is 1.37 bits per heavy atom. The van der Waals surface area contributed by atoms with Gasteiger partial charge in [-0.1, -0.05) is 60.2 Å². The van der Waals surface area contributed by atoms with Gasteiger partial charge in [0, 0.05) is 11.1 Å². The summed E-state index contributed by atoms with van der Waals surface area (Å²) in [5.41, 5.74) is 2.47. The summed E-state index contributed by atoms with van der Waals surface area (Å²) in [6.07, 6.45) is -0.907. The number of hydrogen-bond acceptors (Lipinski definition) is 5. The van der Waals surface area contributed by atoms with Gasteiger partial charge in [0.1, 0.15) is 0 Å². The molecule has 2 amide bonds. The first-order valence-corrected chi connectivity index (χ1v) is 11.6. The number of carbonyl (C=O) groups excluding carboxylic acids is 4. The van der Waals surface area contributed by atoms with Crippen LogP contribution < -0.4 is 4.90 Å². The maximum absolute atomic E-state index is 13.9. The second kappa shape index (κ2) is 7.30. The molecule has 3 aromatic carbocycles. The van der Waals surface area contributed by atoms with E-state index >= 15 is 0 Å². The van der Waals surface area contributed by atoms with Gasteiger partial charge in [0.05, 0.1) is 23.6 Å². The Labute approximate surface area is 202 Å². The van der Waals surface area contributed by atoms with E-state index in [0.717, 1.165) is 21.6 Å². The molecule has 174 valence electrons. The lowest BCUT2D eigenvalue weighted by Gasteiger charge is -2.27. The summed E-state index contributed by atoms with van der Waals surface area (Å²) in [4.78, 5) is 56.5. The van der Waals surface area contributed by atoms with Gasteiger partial charge in [-0.25, -0.2) is 4.90 Å². The lowest BCUT2D eigenvalue weighted by molar-refractivity contribution is -0.127. The molecule has 2 fully saturated rings. The van der Waals surface area contributed by atoms with Crippen LogP contribution in [0.5, 0.6) is 0 Å². The number of amides is 2. The number of benzene rings is 3. The second-order valence-electron chi connectivity index (χ2n) is 9.67. The van der Waals surface area contributed by atoms with Gasteiger partial charge in [-0.2, -0.15) is 0 Å². The number of hydrogen-bond donors (Lipinski definition) is 0. The molecule has 0 radical (unpaired) electrons. The molecule has 6 rings (SSSR count). The Morgan fingerprint density at radius 3 is 1.97 bits per heavy atom. The minimum absolute atomic E-state index is 0.227. The van der Waals surface area contributed by atoms with E-state index in [0.29, 0.717) is 11.3 Å². The molecule has 3 aliphatic rings. The summed E-state index contributed by atoms with van der Waals surface area (Å²) in [6, 6.07) is 19.3. The lowest BCUT2D eigenvalue weighted by Crippen LogP contribution is -2.51. The third-order valence-electron chi connectivity index (χ3n) is 7.67. The van der Waals surface area contributed by atoms with Crippen molar-refractivity contribution in [2.45, 2.75) is 32.5 Å². The molecular formula is C29H23NO5. The third-order valence-corrected chi connectivity index (χ3v) is 7.67. The SMILES string of the molecule is Cc1ccc([C@H]2OC3(C(=O)c4ccccc4C3=O)[C@H]3C(=O)N(c4ccc(C)c(C)c4)C(=O)[C@@H]23)cc1. The molecule has 0 saturated carbocycles. The van der Waals surface area contributed by atoms with Crippen LogP contribution in [0.2, 0.25) is 0 Å². The first-order chi connectivity index (χ1) is 16.8. The van der Waals surface area contributed by atoms with Crippen molar-refractivity contribution >= 4 is 29.1 Å². The summed E-state index contributed by atoms with van der Waals surface area (Å²) in [5, 5.41) is 0. The Kier molecular flexibility index (Phi) is 4.51. The van der Waals surface area contributed by atoms with Gasteiger partial charge in [-0.15, -0.1) is 0 Å². The highest BCUT2D eigenvalue weighted by molar-refractivity contribution is 6.37. The molecule has 35 heavy (non-hydrogen) atoms. The molecule has 6 nitrogen and oxygen atoms in total. The first kappa shape index (κ1) is 21.6. The fraction of sp³-hybridized carbons (Fsp3) is 0.241. The Bertz CT molecular complexity index is 1420. The summed E-state index contributed by atoms with van der Waals surface area (Å²) in [6.45, 7) is 5.80. The van der Waals surface area contributed by atoms with Crippen LogP contribution in [0.25, 0.3) is 0 Å². The van der Waals surface area contributed by atoms with Crippen molar-refractivity contribution in [1.82, 2.24) is 0 Å². The number of aryl methyl sites for hydroxylation is 3. The smallest absolute Gasteiger partial charge is 0.241 e. The van der Waals surface area contributed by atoms with E-state index in [-0.39, 0.29) is 11.1 Å². The second-order valence-corrected chi connectivity index (χ2v) is 9.67. The molecule has 6 heteroatoms. The zero-order chi connectivity index (χ0) is 24.6. The van der Waals surface area contributed by atoms with E-state index in [1.54, 1.807) is 36.4 Å². The summed E-state index contributed by atoms with van der Waals surface area (Å²) in [5.74, 6) is -4.37. The molecular weight excluding hydrogens is 442 g/mol. The fourth-order valence-electron chi connectivity index (χ4n) is 5.69. The molecule has 2 aliphatic heterocycles. The first-order valence-electron chi connectivity index (χ1n) is 11.6. The standard InChI is InChI=1S/C29H23NO5/c1-15-8-11-18(12-9-15)24-22-23(28(34)30(27(22)33)19-13-10-16(2)17(3)14-19)29(35-24)25(31)20-6-4-5-7-21(20)26(29)32/h4-14,22-24H,1-3H3/t22-,23-,24-/m1/s1. The predicted octanol–water partition coefficient (Wildman–Crippen LogP) is 4.31. The van der Waals surface area contributed by atoms with Gasteiger partial charge >= 0.3 is 0 Å². The van der Waals surface area contributed by atoms with Crippen molar-refractivity contribution in [2.75, 3.05) is 4.90 Å². The van der Waals surface area contributed by atoms with Crippen LogP contribution in [0.4, 0.5) is 5.69 Å². The number of rotatable bonds is 2. The van der Waals surface area contributed by atoms with Crippen molar-refractivity contribution in [3.05, 3.63) is 100 Å². The summed E-state index contributed by atoms with van der Waals surface area (Å²) < 4.78 is 6.31. The van der Waals surface area contributed by atoms with E-state index in [4.69, 9.17) is 4.74 Å². The average Bonchev–Trinajstić information content (AvgIpc) is 3.41. The zero-order valence-electron chi connectivity index (χ0n) is 19.6. The number of ketones is 2. The number of carbonyl (C=O) groups is 4. The van der Waals surface area contributed by atoms with Crippen LogP contribution in [-0.4, -0.2) is 29.0 Å². The monoisotopic (exact) mass is 465 g/mol. The molecule has 3 aromatic rings. The van der Waals surface area contributed by atoms with Crippen molar-refractivity contribution in [3.8, 4) is 0 Å². The number of nitrogens with zero attached hydrogens (tertiary/aromatic N) is 1. The highest BCUT2D eigenvalue weighted by Gasteiger charge is 2.74. The minimum atomic E-state index is -2.05. The molecule has 0 aromatic heterocycles. The van der Waals surface area contributed by atoms with Crippen LogP contribution in [-0.2, 0) is 14.3 Å². The molecule has 1 spiro atoms. The molecule has 2 heterocycles. The Morgan fingerprint density at radius 1 is 0.743 bits per heavy atom. The highest BCUT2D eigenvalue weighted by Crippen LogP contribution is 2.57. The van der Waals surface area contributed by atoms with Crippen molar-refractivity contribution in [2.24, 2.45) is 11.8 Å².